The van der Waals surface area contributed by atoms with Gasteiger partial charge in [-0.15, -0.1) is 0 Å². The summed E-state index contributed by atoms with van der Waals surface area (Å²) >= 11 is 0. The molecule has 2 aromatic rings. The van der Waals surface area contributed by atoms with Gasteiger partial charge in [0.25, 0.3) is 0 Å². The van der Waals surface area contributed by atoms with E-state index in [1.54, 1.807) is 6.92 Å². The van der Waals surface area contributed by atoms with Gasteiger partial charge in [-0.25, -0.2) is 0 Å². The molecular weight excluding hydrogens is 253 g/mol. The first-order valence-electron chi connectivity index (χ1n) is 6.50. The van der Waals surface area contributed by atoms with Crippen LogP contribution in [0.4, 0.5) is 0 Å². The highest BCUT2D eigenvalue weighted by Gasteiger charge is 2.19. The van der Waals surface area contributed by atoms with E-state index < -0.39 is 14.0 Å². The van der Waals surface area contributed by atoms with Crippen LogP contribution in [-0.4, -0.2) is 23.4 Å². The van der Waals surface area contributed by atoms with Crippen molar-refractivity contribution in [3.8, 4) is 0 Å². The summed E-state index contributed by atoms with van der Waals surface area (Å²) in [5.41, 5.74) is 6.06. The molecule has 0 fully saturated rings. The van der Waals surface area contributed by atoms with E-state index in [1.165, 1.54) is 10.6 Å². The summed E-state index contributed by atoms with van der Waals surface area (Å²) in [6.45, 7) is 1.76. The SMILES string of the molecule is C[C@@H](O)[C@H](N)CP(c1ccccc1)c1ccccc1. The van der Waals surface area contributed by atoms with E-state index in [4.69, 9.17) is 5.73 Å². The zero-order chi connectivity index (χ0) is 13.7. The Kier molecular flexibility index (Phi) is 5.09. The molecule has 0 spiro atoms. The minimum atomic E-state index is -0.508. The number of nitrogens with two attached hydrogens (primary N) is 1. The van der Waals surface area contributed by atoms with Crippen molar-refractivity contribution < 1.29 is 5.11 Å². The Morgan fingerprint density at radius 2 is 1.37 bits per heavy atom. The van der Waals surface area contributed by atoms with Gasteiger partial charge in [-0.3, -0.25) is 0 Å². The lowest BCUT2D eigenvalue weighted by molar-refractivity contribution is 0.172. The van der Waals surface area contributed by atoms with Crippen molar-refractivity contribution in [1.82, 2.24) is 0 Å². The van der Waals surface area contributed by atoms with Gasteiger partial charge in [-0.05, 0) is 31.6 Å². The minimum Gasteiger partial charge on any atom is -0.392 e. The fraction of sp³-hybridized carbons (Fsp3) is 0.250. The number of hydrogen-bond acceptors (Lipinski definition) is 2. The fourth-order valence-corrected chi connectivity index (χ4v) is 4.45. The van der Waals surface area contributed by atoms with E-state index in [9.17, 15) is 5.11 Å². The third-order valence-electron chi connectivity index (χ3n) is 3.15. The molecule has 2 aromatic carbocycles. The van der Waals surface area contributed by atoms with Crippen LogP contribution in [0.3, 0.4) is 0 Å². The molecule has 2 atom stereocenters. The molecule has 3 heteroatoms. The van der Waals surface area contributed by atoms with Gasteiger partial charge in [-0.1, -0.05) is 60.7 Å². The molecule has 0 aromatic heterocycles. The van der Waals surface area contributed by atoms with Crippen LogP contribution in [-0.2, 0) is 0 Å². The number of aliphatic hydroxyl groups excluding tert-OH is 1. The van der Waals surface area contributed by atoms with Crippen molar-refractivity contribution in [2.75, 3.05) is 6.16 Å². The molecule has 0 radical (unpaired) electrons. The minimum absolute atomic E-state index is 0.188. The second-order valence-corrected chi connectivity index (χ2v) is 6.94. The van der Waals surface area contributed by atoms with Gasteiger partial charge in [0.1, 0.15) is 0 Å². The van der Waals surface area contributed by atoms with E-state index in [0.717, 1.165) is 6.16 Å². The monoisotopic (exact) mass is 273 g/mol. The van der Waals surface area contributed by atoms with E-state index in [-0.39, 0.29) is 6.04 Å². The summed E-state index contributed by atoms with van der Waals surface area (Å²) in [7, 11) is -0.508. The second kappa shape index (κ2) is 6.81. The quantitative estimate of drug-likeness (QED) is 0.816. The van der Waals surface area contributed by atoms with Crippen molar-refractivity contribution >= 4 is 18.5 Å². The van der Waals surface area contributed by atoms with Crippen LogP contribution in [0.25, 0.3) is 0 Å². The Bertz CT molecular complexity index is 447. The van der Waals surface area contributed by atoms with Crippen molar-refractivity contribution in [3.05, 3.63) is 60.7 Å². The van der Waals surface area contributed by atoms with Gasteiger partial charge in [0.15, 0.2) is 0 Å². The molecule has 19 heavy (non-hydrogen) atoms. The molecule has 3 N–H and O–H groups in total. The second-order valence-electron chi connectivity index (χ2n) is 4.69. The largest absolute Gasteiger partial charge is 0.392 e. The zero-order valence-electron chi connectivity index (χ0n) is 11.1. The van der Waals surface area contributed by atoms with Gasteiger partial charge >= 0.3 is 0 Å². The number of hydrogen-bond donors (Lipinski definition) is 2. The van der Waals surface area contributed by atoms with Gasteiger partial charge in [-0.2, -0.15) is 0 Å². The molecule has 100 valence electrons. The lowest BCUT2D eigenvalue weighted by Gasteiger charge is -2.24. The molecule has 0 unspecified atom stereocenters. The Labute approximate surface area is 116 Å². The van der Waals surface area contributed by atoms with Crippen LogP contribution in [0.15, 0.2) is 60.7 Å². The van der Waals surface area contributed by atoms with Gasteiger partial charge in [0.2, 0.25) is 0 Å². The molecule has 0 bridgehead atoms. The van der Waals surface area contributed by atoms with E-state index in [0.29, 0.717) is 0 Å². The fourth-order valence-electron chi connectivity index (χ4n) is 1.94. The predicted octanol–water partition coefficient (Wildman–Crippen LogP) is 1.83. The average Bonchev–Trinajstić information content (AvgIpc) is 2.46. The van der Waals surface area contributed by atoms with Crippen LogP contribution in [0.2, 0.25) is 0 Å². The first-order chi connectivity index (χ1) is 9.18. The first-order valence-corrected chi connectivity index (χ1v) is 8.02. The van der Waals surface area contributed by atoms with E-state index >= 15 is 0 Å². The molecule has 0 amide bonds. The molecule has 0 heterocycles. The Morgan fingerprint density at radius 3 is 1.74 bits per heavy atom. The maximum absolute atomic E-state index is 9.65. The third-order valence-corrected chi connectivity index (χ3v) is 5.78. The summed E-state index contributed by atoms with van der Waals surface area (Å²) in [6, 6.07) is 20.7. The average molecular weight is 273 g/mol. The van der Waals surface area contributed by atoms with Crippen LogP contribution in [0.1, 0.15) is 6.92 Å². The Hall–Kier alpha value is -1.21. The summed E-state index contributed by atoms with van der Waals surface area (Å²) in [5, 5.41) is 12.3. The van der Waals surface area contributed by atoms with E-state index in [1.807, 2.05) is 12.1 Å². The lowest BCUT2D eigenvalue weighted by Crippen LogP contribution is -2.37. The van der Waals surface area contributed by atoms with Crippen LogP contribution >= 0.6 is 7.92 Å². The van der Waals surface area contributed by atoms with Crippen molar-refractivity contribution in [3.63, 3.8) is 0 Å². The molecule has 0 saturated carbocycles. The Morgan fingerprint density at radius 1 is 0.947 bits per heavy atom. The van der Waals surface area contributed by atoms with Crippen molar-refractivity contribution in [2.45, 2.75) is 19.1 Å². The summed E-state index contributed by atoms with van der Waals surface area (Å²) < 4.78 is 0. The first kappa shape index (κ1) is 14.2. The standard InChI is InChI=1S/C16H20NOP/c1-13(18)16(17)12-19(14-8-4-2-5-9-14)15-10-6-3-7-11-15/h2-11,13,16,18H,12,17H2,1H3/t13-,16-/m1/s1. The van der Waals surface area contributed by atoms with Crippen LogP contribution < -0.4 is 16.3 Å². The normalized spacial score (nSPS) is 14.3. The van der Waals surface area contributed by atoms with Crippen molar-refractivity contribution in [2.24, 2.45) is 5.73 Å². The summed E-state index contributed by atoms with van der Waals surface area (Å²) in [6.07, 6.45) is 0.332. The highest BCUT2D eigenvalue weighted by atomic mass is 31.1. The lowest BCUT2D eigenvalue weighted by atomic mass is 10.2. The number of benzene rings is 2. The molecular formula is C16H20NOP. The molecule has 0 aliphatic heterocycles. The van der Waals surface area contributed by atoms with Crippen LogP contribution in [0, 0.1) is 0 Å². The topological polar surface area (TPSA) is 46.2 Å². The molecule has 0 aliphatic carbocycles. The molecule has 0 saturated heterocycles. The van der Waals surface area contributed by atoms with Crippen molar-refractivity contribution in [1.29, 1.82) is 0 Å². The third kappa shape index (κ3) is 3.87. The number of rotatable bonds is 5. The van der Waals surface area contributed by atoms with Gasteiger partial charge in [0.05, 0.1) is 6.10 Å². The highest BCUT2D eigenvalue weighted by molar-refractivity contribution is 7.73. The molecule has 2 nitrogen and oxygen atoms in total. The van der Waals surface area contributed by atoms with Crippen LogP contribution in [0.5, 0.6) is 0 Å². The smallest absolute Gasteiger partial charge is 0.0666 e. The molecule has 0 aliphatic rings. The summed E-state index contributed by atoms with van der Waals surface area (Å²) in [4.78, 5) is 0. The zero-order valence-corrected chi connectivity index (χ0v) is 12.0. The van der Waals surface area contributed by atoms with Gasteiger partial charge < -0.3 is 10.8 Å². The summed E-state index contributed by atoms with van der Waals surface area (Å²) in [5.74, 6) is 0. The maximum Gasteiger partial charge on any atom is 0.0666 e. The van der Waals surface area contributed by atoms with E-state index in [2.05, 4.69) is 48.5 Å². The number of aliphatic hydroxyl groups is 1. The molecule has 2 rings (SSSR count). The van der Waals surface area contributed by atoms with Gasteiger partial charge in [0, 0.05) is 6.04 Å². The predicted molar refractivity (Wildman–Crippen MR) is 83.6 cm³/mol. The Balaban J connectivity index is 2.29. The highest BCUT2D eigenvalue weighted by Crippen LogP contribution is 2.34. The maximum atomic E-state index is 9.65.